The Kier molecular flexibility index (Phi) is 4.96. The molecule has 0 aromatic carbocycles. The van der Waals surface area contributed by atoms with Crippen LogP contribution in [0, 0.1) is 0 Å². The minimum absolute atomic E-state index is 0.00899. The number of carboxylic acid groups (broad SMARTS) is 1. The van der Waals surface area contributed by atoms with Crippen LogP contribution in [-0.2, 0) is 14.2 Å². The van der Waals surface area contributed by atoms with Crippen LogP contribution in [0.1, 0.15) is 33.1 Å². The molecular formula is C12H20O5. The first-order valence-corrected chi connectivity index (χ1v) is 5.75. The Morgan fingerprint density at radius 1 is 1.71 bits per heavy atom. The van der Waals surface area contributed by atoms with E-state index in [9.17, 15) is 4.79 Å². The minimum Gasteiger partial charge on any atom is -0.450 e. The van der Waals surface area contributed by atoms with Crippen LogP contribution in [0.25, 0.3) is 0 Å². The van der Waals surface area contributed by atoms with E-state index >= 15 is 0 Å². The van der Waals surface area contributed by atoms with E-state index in [-0.39, 0.29) is 12.2 Å². The molecule has 98 valence electrons. The molecule has 1 unspecified atom stereocenters. The molecular weight excluding hydrogens is 224 g/mol. The molecule has 17 heavy (non-hydrogen) atoms. The summed E-state index contributed by atoms with van der Waals surface area (Å²) in [4.78, 5) is 10.5. The summed E-state index contributed by atoms with van der Waals surface area (Å²) in [5, 5.41) is 8.57. The predicted octanol–water partition coefficient (Wildman–Crippen LogP) is 2.56. The van der Waals surface area contributed by atoms with Crippen molar-refractivity contribution in [2.75, 3.05) is 6.61 Å². The summed E-state index contributed by atoms with van der Waals surface area (Å²) in [6.45, 7) is 7.85. The number of rotatable bonds is 6. The van der Waals surface area contributed by atoms with Gasteiger partial charge in [-0.3, -0.25) is 0 Å². The molecule has 0 spiro atoms. The van der Waals surface area contributed by atoms with Crippen LogP contribution in [0.4, 0.5) is 4.79 Å². The summed E-state index contributed by atoms with van der Waals surface area (Å²) in [6, 6.07) is 0. The van der Waals surface area contributed by atoms with Gasteiger partial charge < -0.3 is 19.3 Å². The molecule has 2 atom stereocenters. The van der Waals surface area contributed by atoms with Crippen molar-refractivity contribution >= 4 is 6.16 Å². The molecule has 0 aromatic heterocycles. The van der Waals surface area contributed by atoms with Gasteiger partial charge in [-0.1, -0.05) is 6.08 Å². The normalized spacial score (nSPS) is 24.2. The fourth-order valence-corrected chi connectivity index (χ4v) is 1.83. The zero-order valence-corrected chi connectivity index (χ0v) is 10.3. The van der Waals surface area contributed by atoms with Crippen molar-refractivity contribution < 1.29 is 24.1 Å². The van der Waals surface area contributed by atoms with Gasteiger partial charge in [0.05, 0.1) is 12.7 Å². The number of hydrogen-bond acceptors (Lipinski definition) is 4. The van der Waals surface area contributed by atoms with Gasteiger partial charge in [0.2, 0.25) is 0 Å². The lowest BCUT2D eigenvalue weighted by Gasteiger charge is -2.18. The lowest BCUT2D eigenvalue weighted by atomic mass is 10.1. The highest BCUT2D eigenvalue weighted by Gasteiger charge is 2.32. The molecule has 1 aliphatic rings. The third-order valence-corrected chi connectivity index (χ3v) is 2.57. The summed E-state index contributed by atoms with van der Waals surface area (Å²) in [5.41, 5.74) is 0. The standard InChI is InChI=1S/C12H20O5/c1-4-5-9(16-11(13)14)6-7-10-8-15-12(2,3)17-10/h4,9-10H,1,5-8H2,2-3H3,(H,13,14)/t9?,10-/m0/s1. The third-order valence-electron chi connectivity index (χ3n) is 2.57. The van der Waals surface area contributed by atoms with E-state index in [0.29, 0.717) is 19.4 Å². The fourth-order valence-electron chi connectivity index (χ4n) is 1.83. The second kappa shape index (κ2) is 6.02. The average molecular weight is 244 g/mol. The molecule has 1 rings (SSSR count). The molecule has 0 radical (unpaired) electrons. The van der Waals surface area contributed by atoms with Gasteiger partial charge in [-0.25, -0.2) is 4.79 Å². The molecule has 1 heterocycles. The molecule has 1 saturated heterocycles. The highest BCUT2D eigenvalue weighted by Crippen LogP contribution is 2.25. The monoisotopic (exact) mass is 244 g/mol. The maximum Gasteiger partial charge on any atom is 0.506 e. The Balaban J connectivity index is 2.31. The number of hydrogen-bond donors (Lipinski definition) is 1. The smallest absolute Gasteiger partial charge is 0.450 e. The van der Waals surface area contributed by atoms with E-state index in [1.165, 1.54) is 0 Å². The largest absolute Gasteiger partial charge is 0.506 e. The van der Waals surface area contributed by atoms with Crippen LogP contribution >= 0.6 is 0 Å². The zero-order chi connectivity index (χ0) is 12.9. The summed E-state index contributed by atoms with van der Waals surface area (Å²) in [6.07, 6.45) is 1.91. The van der Waals surface area contributed by atoms with Crippen LogP contribution in [-0.4, -0.2) is 35.9 Å². The average Bonchev–Trinajstić information content (AvgIpc) is 2.54. The van der Waals surface area contributed by atoms with Crippen molar-refractivity contribution in [3.63, 3.8) is 0 Å². The molecule has 1 fully saturated rings. The van der Waals surface area contributed by atoms with Crippen molar-refractivity contribution in [3.8, 4) is 0 Å². The number of carbonyl (C=O) groups is 1. The van der Waals surface area contributed by atoms with Crippen molar-refractivity contribution in [1.82, 2.24) is 0 Å². The van der Waals surface area contributed by atoms with Crippen molar-refractivity contribution in [2.24, 2.45) is 0 Å². The van der Waals surface area contributed by atoms with Crippen LogP contribution < -0.4 is 0 Å². The fraction of sp³-hybridized carbons (Fsp3) is 0.750. The maximum atomic E-state index is 10.5. The summed E-state index contributed by atoms with van der Waals surface area (Å²) in [5.74, 6) is -0.535. The van der Waals surface area contributed by atoms with Crippen LogP contribution in [0.2, 0.25) is 0 Å². The first kappa shape index (κ1) is 14.0. The molecule has 0 aromatic rings. The van der Waals surface area contributed by atoms with Gasteiger partial charge >= 0.3 is 6.16 Å². The van der Waals surface area contributed by atoms with Gasteiger partial charge in [0.1, 0.15) is 6.10 Å². The Hall–Kier alpha value is -1.07. The van der Waals surface area contributed by atoms with Gasteiger partial charge in [-0.05, 0) is 26.7 Å². The second-order valence-corrected chi connectivity index (χ2v) is 4.56. The first-order valence-electron chi connectivity index (χ1n) is 5.75. The first-order chi connectivity index (χ1) is 7.93. The molecule has 0 amide bonds. The van der Waals surface area contributed by atoms with Gasteiger partial charge in [0.25, 0.3) is 0 Å². The van der Waals surface area contributed by atoms with Crippen molar-refractivity contribution in [2.45, 2.75) is 51.1 Å². The van der Waals surface area contributed by atoms with E-state index in [2.05, 4.69) is 6.58 Å². The lowest BCUT2D eigenvalue weighted by Crippen LogP contribution is -2.23. The Morgan fingerprint density at radius 3 is 2.88 bits per heavy atom. The van der Waals surface area contributed by atoms with Gasteiger partial charge in [-0.15, -0.1) is 6.58 Å². The van der Waals surface area contributed by atoms with Crippen LogP contribution in [0.3, 0.4) is 0 Å². The molecule has 0 bridgehead atoms. The van der Waals surface area contributed by atoms with Gasteiger partial charge in [-0.2, -0.15) is 0 Å². The van der Waals surface area contributed by atoms with Gasteiger partial charge in [0.15, 0.2) is 5.79 Å². The Morgan fingerprint density at radius 2 is 2.41 bits per heavy atom. The van der Waals surface area contributed by atoms with Crippen LogP contribution in [0.15, 0.2) is 12.7 Å². The van der Waals surface area contributed by atoms with Crippen molar-refractivity contribution in [1.29, 1.82) is 0 Å². The maximum absolute atomic E-state index is 10.5. The summed E-state index contributed by atoms with van der Waals surface area (Å²) >= 11 is 0. The summed E-state index contributed by atoms with van der Waals surface area (Å²) < 4.78 is 15.8. The molecule has 5 nitrogen and oxygen atoms in total. The molecule has 1 N–H and O–H groups in total. The third kappa shape index (κ3) is 5.19. The van der Waals surface area contributed by atoms with E-state index in [0.717, 1.165) is 6.42 Å². The van der Waals surface area contributed by atoms with E-state index < -0.39 is 11.9 Å². The zero-order valence-electron chi connectivity index (χ0n) is 10.3. The van der Waals surface area contributed by atoms with Crippen molar-refractivity contribution in [3.05, 3.63) is 12.7 Å². The minimum atomic E-state index is -1.25. The van der Waals surface area contributed by atoms with E-state index in [1.54, 1.807) is 6.08 Å². The highest BCUT2D eigenvalue weighted by molar-refractivity contribution is 5.57. The quantitative estimate of drug-likeness (QED) is 0.574. The Bertz CT molecular complexity index is 274. The molecule has 5 heteroatoms. The molecule has 0 aliphatic carbocycles. The Labute approximate surface area is 101 Å². The van der Waals surface area contributed by atoms with E-state index in [4.69, 9.17) is 19.3 Å². The van der Waals surface area contributed by atoms with E-state index in [1.807, 2.05) is 13.8 Å². The molecule has 0 saturated carbocycles. The van der Waals surface area contributed by atoms with Gasteiger partial charge in [0, 0.05) is 6.42 Å². The predicted molar refractivity (Wildman–Crippen MR) is 61.8 cm³/mol. The summed E-state index contributed by atoms with van der Waals surface area (Å²) in [7, 11) is 0. The lowest BCUT2D eigenvalue weighted by molar-refractivity contribution is -0.139. The SMILES string of the molecule is C=CCC(CC[C@H]1COC(C)(C)O1)OC(=O)O. The second-order valence-electron chi connectivity index (χ2n) is 4.56. The number of ether oxygens (including phenoxy) is 3. The van der Waals surface area contributed by atoms with Crippen LogP contribution in [0.5, 0.6) is 0 Å². The highest BCUT2D eigenvalue weighted by atomic mass is 16.7. The molecule has 1 aliphatic heterocycles. The topological polar surface area (TPSA) is 65.0 Å².